The van der Waals surface area contributed by atoms with E-state index in [2.05, 4.69) is 10.3 Å². The number of hydrogen-bond donors (Lipinski definition) is 2. The molecule has 5 heteroatoms. The lowest BCUT2D eigenvalue weighted by molar-refractivity contribution is 0.0891. The summed E-state index contributed by atoms with van der Waals surface area (Å²) >= 11 is 0. The molecule has 0 saturated carbocycles. The quantitative estimate of drug-likeness (QED) is 0.804. The van der Waals surface area contributed by atoms with E-state index in [1.54, 1.807) is 0 Å². The van der Waals surface area contributed by atoms with Gasteiger partial charge in [0.2, 0.25) is 0 Å². The number of aromatic nitrogens is 1. The number of carbonyl (C=O) groups excluding carboxylic acids is 1. The number of aliphatic hydroxyl groups is 1. The first-order chi connectivity index (χ1) is 7.54. The molecule has 0 aliphatic rings. The summed E-state index contributed by atoms with van der Waals surface area (Å²) in [5.74, 6) is -0.777. The number of pyridine rings is 1. The number of hydrogen-bond acceptors (Lipinski definition) is 3. The molecule has 0 unspecified atom stereocenters. The zero-order valence-electron chi connectivity index (χ0n) is 9.27. The highest BCUT2D eigenvalue weighted by Crippen LogP contribution is 2.03. The fourth-order valence-electron chi connectivity index (χ4n) is 1.18. The summed E-state index contributed by atoms with van der Waals surface area (Å²) in [6, 6.07) is 2.16. The number of aliphatic hydroxyl groups excluding tert-OH is 1. The monoisotopic (exact) mass is 226 g/mol. The summed E-state index contributed by atoms with van der Waals surface area (Å²) in [6.07, 6.45) is 0.984. The van der Waals surface area contributed by atoms with Crippen molar-refractivity contribution < 1.29 is 14.3 Å². The van der Waals surface area contributed by atoms with Crippen LogP contribution in [0.5, 0.6) is 0 Å². The first-order valence-corrected chi connectivity index (χ1v) is 5.08. The van der Waals surface area contributed by atoms with E-state index in [4.69, 9.17) is 5.11 Å². The Labute approximate surface area is 93.5 Å². The molecule has 88 valence electrons. The Bertz CT molecular complexity index is 352. The van der Waals surface area contributed by atoms with Crippen molar-refractivity contribution in [2.45, 2.75) is 19.9 Å². The van der Waals surface area contributed by atoms with Crippen molar-refractivity contribution in [3.05, 3.63) is 29.8 Å². The largest absolute Gasteiger partial charge is 0.394 e. The molecule has 4 nitrogen and oxygen atoms in total. The van der Waals surface area contributed by atoms with Gasteiger partial charge in [0, 0.05) is 0 Å². The minimum atomic E-state index is -0.487. The van der Waals surface area contributed by atoms with Gasteiger partial charge in [0.05, 0.1) is 18.8 Å². The second kappa shape index (κ2) is 5.55. The predicted octanol–water partition coefficient (Wildman–Crippen LogP) is 0.967. The molecule has 1 heterocycles. The van der Waals surface area contributed by atoms with E-state index in [-0.39, 0.29) is 24.3 Å². The molecule has 0 aliphatic heterocycles. The Balaban J connectivity index is 2.68. The number of amides is 1. The molecule has 0 bridgehead atoms. The molecule has 0 radical (unpaired) electrons. The van der Waals surface area contributed by atoms with Crippen LogP contribution in [0.3, 0.4) is 0 Å². The van der Waals surface area contributed by atoms with Crippen molar-refractivity contribution in [1.82, 2.24) is 10.3 Å². The fourth-order valence-corrected chi connectivity index (χ4v) is 1.18. The molecule has 1 amide bonds. The van der Waals surface area contributed by atoms with Gasteiger partial charge < -0.3 is 10.4 Å². The van der Waals surface area contributed by atoms with Gasteiger partial charge in [-0.1, -0.05) is 13.8 Å². The van der Waals surface area contributed by atoms with Crippen LogP contribution < -0.4 is 5.32 Å². The predicted molar refractivity (Wildman–Crippen MR) is 57.4 cm³/mol. The van der Waals surface area contributed by atoms with Crippen LogP contribution in [0.25, 0.3) is 0 Å². The topological polar surface area (TPSA) is 62.2 Å². The lowest BCUT2D eigenvalue weighted by atomic mass is 10.1. The van der Waals surface area contributed by atoms with Gasteiger partial charge in [-0.2, -0.15) is 0 Å². The molecule has 0 spiro atoms. The maximum Gasteiger partial charge on any atom is 0.270 e. The summed E-state index contributed by atoms with van der Waals surface area (Å²) in [7, 11) is 0. The SMILES string of the molecule is CC(C)[C@@H](CO)NC(=O)c1ccc(F)cn1. The van der Waals surface area contributed by atoms with Crippen LogP contribution in [0.1, 0.15) is 24.3 Å². The van der Waals surface area contributed by atoms with E-state index in [0.29, 0.717) is 0 Å². The smallest absolute Gasteiger partial charge is 0.270 e. The van der Waals surface area contributed by atoms with Gasteiger partial charge in [-0.05, 0) is 18.1 Å². The highest BCUT2D eigenvalue weighted by atomic mass is 19.1. The van der Waals surface area contributed by atoms with Crippen LogP contribution in [0.15, 0.2) is 18.3 Å². The van der Waals surface area contributed by atoms with Gasteiger partial charge in [0.25, 0.3) is 5.91 Å². The van der Waals surface area contributed by atoms with E-state index in [1.807, 2.05) is 13.8 Å². The zero-order valence-corrected chi connectivity index (χ0v) is 9.27. The first-order valence-electron chi connectivity index (χ1n) is 5.08. The molecule has 0 aliphatic carbocycles. The van der Waals surface area contributed by atoms with Crippen LogP contribution in [-0.2, 0) is 0 Å². The van der Waals surface area contributed by atoms with Gasteiger partial charge in [-0.25, -0.2) is 9.37 Å². The number of rotatable bonds is 4. The van der Waals surface area contributed by atoms with Gasteiger partial charge in [0.1, 0.15) is 11.5 Å². The molecule has 16 heavy (non-hydrogen) atoms. The first kappa shape index (κ1) is 12.6. The Kier molecular flexibility index (Phi) is 4.37. The number of carbonyl (C=O) groups is 1. The van der Waals surface area contributed by atoms with Crippen molar-refractivity contribution in [2.75, 3.05) is 6.61 Å². The average molecular weight is 226 g/mol. The second-order valence-corrected chi connectivity index (χ2v) is 3.87. The van der Waals surface area contributed by atoms with Gasteiger partial charge in [-0.15, -0.1) is 0 Å². The van der Waals surface area contributed by atoms with Gasteiger partial charge >= 0.3 is 0 Å². The van der Waals surface area contributed by atoms with E-state index in [0.717, 1.165) is 6.20 Å². The fraction of sp³-hybridized carbons (Fsp3) is 0.455. The van der Waals surface area contributed by atoms with E-state index >= 15 is 0 Å². The number of nitrogens with one attached hydrogen (secondary N) is 1. The lowest BCUT2D eigenvalue weighted by Crippen LogP contribution is -2.41. The molecule has 1 atom stereocenters. The minimum Gasteiger partial charge on any atom is -0.394 e. The van der Waals surface area contributed by atoms with Crippen LogP contribution >= 0.6 is 0 Å². The number of nitrogens with zero attached hydrogens (tertiary/aromatic N) is 1. The Hall–Kier alpha value is -1.49. The highest BCUT2D eigenvalue weighted by molar-refractivity contribution is 5.92. The maximum atomic E-state index is 12.6. The van der Waals surface area contributed by atoms with Crippen molar-refractivity contribution >= 4 is 5.91 Å². The van der Waals surface area contributed by atoms with Crippen molar-refractivity contribution in [2.24, 2.45) is 5.92 Å². The molecule has 1 rings (SSSR count). The normalized spacial score (nSPS) is 12.6. The van der Waals surface area contributed by atoms with Crippen LogP contribution in [0, 0.1) is 11.7 Å². The lowest BCUT2D eigenvalue weighted by Gasteiger charge is -2.19. The summed E-state index contributed by atoms with van der Waals surface area (Å²) in [6.45, 7) is 3.64. The Morgan fingerprint density at radius 3 is 2.69 bits per heavy atom. The van der Waals surface area contributed by atoms with Crippen LogP contribution in [0.4, 0.5) is 4.39 Å². The Morgan fingerprint density at radius 2 is 2.25 bits per heavy atom. The van der Waals surface area contributed by atoms with Crippen LogP contribution in [-0.4, -0.2) is 28.6 Å². The van der Waals surface area contributed by atoms with E-state index < -0.39 is 11.7 Å². The molecular formula is C11H15FN2O2. The summed E-state index contributed by atoms with van der Waals surface area (Å²) in [5.41, 5.74) is 0.139. The molecule has 2 N–H and O–H groups in total. The molecule has 0 fully saturated rings. The van der Waals surface area contributed by atoms with Gasteiger partial charge in [0.15, 0.2) is 0 Å². The highest BCUT2D eigenvalue weighted by Gasteiger charge is 2.16. The standard InChI is InChI=1S/C11H15FN2O2/c1-7(2)10(6-15)14-11(16)9-4-3-8(12)5-13-9/h3-5,7,10,15H,6H2,1-2H3,(H,14,16)/t10-/m1/s1. The molecule has 1 aromatic heterocycles. The zero-order chi connectivity index (χ0) is 12.1. The maximum absolute atomic E-state index is 12.6. The second-order valence-electron chi connectivity index (χ2n) is 3.87. The molecular weight excluding hydrogens is 211 g/mol. The van der Waals surface area contributed by atoms with Crippen molar-refractivity contribution in [3.63, 3.8) is 0 Å². The molecule has 0 saturated heterocycles. The Morgan fingerprint density at radius 1 is 1.56 bits per heavy atom. The summed E-state index contributed by atoms with van der Waals surface area (Å²) in [5, 5.41) is 11.7. The van der Waals surface area contributed by atoms with E-state index in [1.165, 1.54) is 12.1 Å². The number of halogens is 1. The van der Waals surface area contributed by atoms with E-state index in [9.17, 15) is 9.18 Å². The third kappa shape index (κ3) is 3.27. The third-order valence-electron chi connectivity index (χ3n) is 2.28. The van der Waals surface area contributed by atoms with Crippen LogP contribution in [0.2, 0.25) is 0 Å². The van der Waals surface area contributed by atoms with Crippen molar-refractivity contribution in [1.29, 1.82) is 0 Å². The molecule has 1 aromatic rings. The van der Waals surface area contributed by atoms with Crippen molar-refractivity contribution in [3.8, 4) is 0 Å². The minimum absolute atomic E-state index is 0.120. The summed E-state index contributed by atoms with van der Waals surface area (Å²) < 4.78 is 12.6. The van der Waals surface area contributed by atoms with Gasteiger partial charge in [-0.3, -0.25) is 4.79 Å². The average Bonchev–Trinajstić information content (AvgIpc) is 2.26. The molecule has 0 aromatic carbocycles. The third-order valence-corrected chi connectivity index (χ3v) is 2.28. The summed E-state index contributed by atoms with van der Waals surface area (Å²) in [4.78, 5) is 15.3.